The molecule has 0 aliphatic heterocycles. The van der Waals surface area contributed by atoms with Crippen molar-refractivity contribution >= 4 is 11.8 Å². The zero-order chi connectivity index (χ0) is 23.3. The lowest BCUT2D eigenvalue weighted by atomic mass is 9.96. The largest absolute Gasteiger partial charge is 0.496 e. The SMILES string of the molecule is C=CCc1ccc(C(=O)NN(CC(C)(C)C)C(=O)c2cc(C)cc(C)c2)c(C)c1OC. The van der Waals surface area contributed by atoms with Gasteiger partial charge in [-0.15, -0.1) is 6.58 Å². The summed E-state index contributed by atoms with van der Waals surface area (Å²) in [6, 6.07) is 9.33. The average molecular weight is 423 g/mol. The fraction of sp³-hybridized carbons (Fsp3) is 0.385. The van der Waals surface area contributed by atoms with E-state index in [1.54, 1.807) is 19.3 Å². The quantitative estimate of drug-likeness (QED) is 0.515. The van der Waals surface area contributed by atoms with Gasteiger partial charge in [-0.25, -0.2) is 5.01 Å². The van der Waals surface area contributed by atoms with Crippen molar-refractivity contribution in [2.24, 2.45) is 5.41 Å². The Labute approximate surface area is 186 Å². The molecule has 0 bridgehead atoms. The number of benzene rings is 2. The molecule has 166 valence electrons. The molecule has 0 atom stereocenters. The van der Waals surface area contributed by atoms with Crippen LogP contribution in [-0.2, 0) is 6.42 Å². The third-order valence-corrected chi connectivity index (χ3v) is 4.88. The topological polar surface area (TPSA) is 58.6 Å². The maximum atomic E-state index is 13.3. The van der Waals surface area contributed by atoms with Gasteiger partial charge in [0.1, 0.15) is 5.75 Å². The van der Waals surface area contributed by atoms with Crippen LogP contribution in [0, 0.1) is 26.2 Å². The first-order valence-electron chi connectivity index (χ1n) is 10.5. The Kier molecular flexibility index (Phi) is 7.66. The van der Waals surface area contributed by atoms with E-state index in [1.165, 1.54) is 5.01 Å². The summed E-state index contributed by atoms with van der Waals surface area (Å²) in [4.78, 5) is 26.5. The predicted octanol–water partition coefficient (Wildman–Crippen LogP) is 5.18. The summed E-state index contributed by atoms with van der Waals surface area (Å²) >= 11 is 0. The van der Waals surface area contributed by atoms with Crippen molar-refractivity contribution in [3.8, 4) is 5.75 Å². The van der Waals surface area contributed by atoms with E-state index >= 15 is 0 Å². The summed E-state index contributed by atoms with van der Waals surface area (Å²) in [6.45, 7) is 16.0. The Morgan fingerprint density at radius 2 is 1.71 bits per heavy atom. The van der Waals surface area contributed by atoms with Crippen LogP contribution in [0.15, 0.2) is 43.0 Å². The van der Waals surface area contributed by atoms with Crippen LogP contribution in [0.3, 0.4) is 0 Å². The molecule has 0 aromatic heterocycles. The van der Waals surface area contributed by atoms with Gasteiger partial charge in [-0.3, -0.25) is 15.0 Å². The summed E-state index contributed by atoms with van der Waals surface area (Å²) in [5, 5.41) is 1.42. The number of carbonyl (C=O) groups excluding carboxylic acids is 2. The van der Waals surface area contributed by atoms with E-state index in [2.05, 4.69) is 12.0 Å². The number of allylic oxidation sites excluding steroid dienone is 1. The highest BCUT2D eigenvalue weighted by Crippen LogP contribution is 2.27. The van der Waals surface area contributed by atoms with E-state index in [4.69, 9.17) is 4.74 Å². The second-order valence-corrected chi connectivity index (χ2v) is 9.19. The number of methoxy groups -OCH3 is 1. The van der Waals surface area contributed by atoms with Crippen LogP contribution in [0.1, 0.15) is 63.7 Å². The maximum Gasteiger partial charge on any atom is 0.272 e. The predicted molar refractivity (Wildman–Crippen MR) is 126 cm³/mol. The Bertz CT molecular complexity index is 967. The smallest absolute Gasteiger partial charge is 0.272 e. The van der Waals surface area contributed by atoms with Crippen LogP contribution < -0.4 is 10.2 Å². The summed E-state index contributed by atoms with van der Waals surface area (Å²) in [5.41, 5.74) is 7.36. The molecule has 31 heavy (non-hydrogen) atoms. The lowest BCUT2D eigenvalue weighted by Gasteiger charge is -2.30. The molecular formula is C26H34N2O3. The summed E-state index contributed by atoms with van der Waals surface area (Å²) in [6.07, 6.45) is 2.44. The Morgan fingerprint density at radius 3 is 2.23 bits per heavy atom. The second-order valence-electron chi connectivity index (χ2n) is 9.19. The number of aryl methyl sites for hydroxylation is 2. The molecule has 5 heteroatoms. The molecule has 2 rings (SSSR count). The number of hydrogen-bond donors (Lipinski definition) is 1. The third kappa shape index (κ3) is 6.20. The number of amides is 2. The number of carbonyl (C=O) groups is 2. The molecule has 0 heterocycles. The van der Waals surface area contributed by atoms with Gasteiger partial charge in [0, 0.05) is 23.2 Å². The van der Waals surface area contributed by atoms with Gasteiger partial charge in [-0.1, -0.05) is 50.1 Å². The van der Waals surface area contributed by atoms with Gasteiger partial charge < -0.3 is 4.74 Å². The van der Waals surface area contributed by atoms with Crippen LogP contribution in [-0.4, -0.2) is 30.5 Å². The lowest BCUT2D eigenvalue weighted by molar-refractivity contribution is 0.0509. The van der Waals surface area contributed by atoms with E-state index in [-0.39, 0.29) is 17.2 Å². The Morgan fingerprint density at radius 1 is 1.10 bits per heavy atom. The zero-order valence-corrected chi connectivity index (χ0v) is 19.8. The van der Waals surface area contributed by atoms with Gasteiger partial charge >= 0.3 is 0 Å². The van der Waals surface area contributed by atoms with E-state index in [9.17, 15) is 9.59 Å². The molecule has 0 saturated carbocycles. The normalized spacial score (nSPS) is 11.1. The number of hydrogen-bond acceptors (Lipinski definition) is 3. The molecule has 0 aliphatic carbocycles. The lowest BCUT2D eigenvalue weighted by Crippen LogP contribution is -2.49. The van der Waals surface area contributed by atoms with Crippen molar-refractivity contribution in [2.75, 3.05) is 13.7 Å². The molecule has 2 aromatic carbocycles. The fourth-order valence-electron chi connectivity index (χ4n) is 3.67. The van der Waals surface area contributed by atoms with Gasteiger partial charge in [0.2, 0.25) is 0 Å². The molecule has 2 aromatic rings. The number of nitrogens with one attached hydrogen (secondary N) is 1. The first-order valence-corrected chi connectivity index (χ1v) is 10.5. The molecule has 0 radical (unpaired) electrons. The summed E-state index contributed by atoms with van der Waals surface area (Å²) in [5.74, 6) is 0.0847. The number of nitrogens with zero attached hydrogens (tertiary/aromatic N) is 1. The highest BCUT2D eigenvalue weighted by atomic mass is 16.5. The van der Waals surface area contributed by atoms with Crippen molar-refractivity contribution in [3.05, 3.63) is 76.4 Å². The molecule has 2 amide bonds. The molecule has 0 unspecified atom stereocenters. The van der Waals surface area contributed by atoms with E-state index in [1.807, 2.05) is 65.8 Å². The number of ether oxygens (including phenoxy) is 1. The Hall–Kier alpha value is -3.08. The van der Waals surface area contributed by atoms with Gasteiger partial charge in [0.05, 0.1) is 7.11 Å². The van der Waals surface area contributed by atoms with Crippen LogP contribution in [0.4, 0.5) is 0 Å². The van der Waals surface area contributed by atoms with Crippen LogP contribution in [0.5, 0.6) is 5.75 Å². The molecule has 1 N–H and O–H groups in total. The minimum atomic E-state index is -0.345. The van der Waals surface area contributed by atoms with Crippen molar-refractivity contribution in [3.63, 3.8) is 0 Å². The molecule has 0 saturated heterocycles. The van der Waals surface area contributed by atoms with E-state index < -0.39 is 0 Å². The fourth-order valence-corrected chi connectivity index (χ4v) is 3.67. The molecule has 0 aliphatic rings. The highest BCUT2D eigenvalue weighted by molar-refractivity contribution is 6.00. The number of rotatable bonds is 6. The van der Waals surface area contributed by atoms with Crippen molar-refractivity contribution in [1.29, 1.82) is 0 Å². The molecule has 5 nitrogen and oxygen atoms in total. The third-order valence-electron chi connectivity index (χ3n) is 4.88. The summed E-state index contributed by atoms with van der Waals surface area (Å²) in [7, 11) is 1.59. The first-order chi connectivity index (χ1) is 14.5. The van der Waals surface area contributed by atoms with Crippen LogP contribution >= 0.6 is 0 Å². The minimum Gasteiger partial charge on any atom is -0.496 e. The molecule has 0 fully saturated rings. The standard InChI is InChI=1S/C26H34N2O3/c1-9-10-20-11-12-22(19(4)23(20)31-8)24(29)27-28(16-26(5,6)7)25(30)21-14-17(2)13-18(3)15-21/h9,11-15H,1,10,16H2,2-8H3,(H,27,29). The zero-order valence-electron chi connectivity index (χ0n) is 19.8. The summed E-state index contributed by atoms with van der Waals surface area (Å²) < 4.78 is 5.54. The molecule has 0 spiro atoms. The van der Waals surface area contributed by atoms with Crippen molar-refractivity contribution in [1.82, 2.24) is 10.4 Å². The minimum absolute atomic E-state index is 0.206. The first kappa shape index (κ1) is 24.2. The van der Waals surface area contributed by atoms with E-state index in [0.29, 0.717) is 29.8 Å². The van der Waals surface area contributed by atoms with Crippen LogP contribution in [0.2, 0.25) is 0 Å². The Balaban J connectivity index is 2.40. The highest BCUT2D eigenvalue weighted by Gasteiger charge is 2.26. The van der Waals surface area contributed by atoms with Gasteiger partial charge in [-0.2, -0.15) is 0 Å². The second kappa shape index (κ2) is 9.82. The van der Waals surface area contributed by atoms with Gasteiger partial charge in [-0.05, 0) is 56.4 Å². The number of hydrazine groups is 1. The van der Waals surface area contributed by atoms with E-state index in [0.717, 1.165) is 22.3 Å². The monoisotopic (exact) mass is 422 g/mol. The average Bonchev–Trinajstić information content (AvgIpc) is 2.65. The van der Waals surface area contributed by atoms with Crippen LogP contribution in [0.25, 0.3) is 0 Å². The maximum absolute atomic E-state index is 13.3. The van der Waals surface area contributed by atoms with Crippen molar-refractivity contribution < 1.29 is 14.3 Å². The van der Waals surface area contributed by atoms with Crippen molar-refractivity contribution in [2.45, 2.75) is 48.0 Å². The molecular weight excluding hydrogens is 388 g/mol. The van der Waals surface area contributed by atoms with Gasteiger partial charge in [0.25, 0.3) is 11.8 Å². The van der Waals surface area contributed by atoms with Gasteiger partial charge in [0.15, 0.2) is 0 Å².